The number of ketones is 1. The maximum atomic E-state index is 15.3. The van der Waals surface area contributed by atoms with Gasteiger partial charge >= 0.3 is 6.09 Å². The molecular weight excluding hydrogens is 761 g/mol. The topological polar surface area (TPSA) is 87.1 Å². The lowest BCUT2D eigenvalue weighted by Gasteiger charge is -2.71. The van der Waals surface area contributed by atoms with Crippen molar-refractivity contribution in [3.8, 4) is 0 Å². The van der Waals surface area contributed by atoms with Crippen molar-refractivity contribution in [2.24, 2.45) is 74.4 Å². The lowest BCUT2D eigenvalue weighted by molar-refractivity contribution is -0.180. The number of benzene rings is 1. The number of aliphatic hydroxyl groups is 2. The highest BCUT2D eigenvalue weighted by Gasteiger charge is 2.74. The number of halogens is 2. The fourth-order valence-corrected chi connectivity index (χ4v) is 16.3. The van der Waals surface area contributed by atoms with Gasteiger partial charge in [0.2, 0.25) is 0 Å². The lowest BCUT2D eigenvalue weighted by atomic mass is 9.32. The van der Waals surface area contributed by atoms with E-state index in [1.807, 2.05) is 4.90 Å². The summed E-state index contributed by atoms with van der Waals surface area (Å²) in [6.07, 6.45) is 17.4. The summed E-state index contributed by atoms with van der Waals surface area (Å²) >= 11 is 6.56. The van der Waals surface area contributed by atoms with Crippen molar-refractivity contribution in [3.05, 3.63) is 58.4 Å². The second-order valence-corrected chi connectivity index (χ2v) is 23.3. The molecule has 2 spiro atoms. The van der Waals surface area contributed by atoms with Crippen molar-refractivity contribution in [3.63, 3.8) is 0 Å². The molecule has 7 saturated carbocycles. The van der Waals surface area contributed by atoms with E-state index in [0.717, 1.165) is 57.3 Å². The number of Topliss-reactive ketones (excluding diaryl/α,β-unsaturated/α-hetero) is 1. The predicted molar refractivity (Wildman–Crippen MR) is 230 cm³/mol. The number of allylic oxidation sites excluding steroid dienone is 4. The van der Waals surface area contributed by atoms with Crippen LogP contribution >= 0.6 is 11.6 Å². The Morgan fingerprint density at radius 1 is 0.949 bits per heavy atom. The zero-order valence-electron chi connectivity index (χ0n) is 36.9. The van der Waals surface area contributed by atoms with Crippen LogP contribution < -0.4 is 0 Å². The molecule has 2 N–H and O–H groups in total. The molecule has 0 aromatic heterocycles. The number of amides is 1. The van der Waals surface area contributed by atoms with E-state index in [1.54, 1.807) is 12.1 Å². The summed E-state index contributed by atoms with van der Waals surface area (Å²) in [5.74, 6) is 2.34. The molecule has 59 heavy (non-hydrogen) atoms. The quantitative estimate of drug-likeness (QED) is 0.242. The van der Waals surface area contributed by atoms with E-state index < -0.39 is 33.8 Å². The molecule has 1 aromatic rings. The van der Waals surface area contributed by atoms with Gasteiger partial charge in [0.05, 0.1) is 18.2 Å². The van der Waals surface area contributed by atoms with E-state index >= 15 is 4.39 Å². The number of nitrogens with zero attached hydrogens (tertiary/aromatic N) is 1. The number of hydrogen-bond donors (Lipinski definition) is 2. The maximum Gasteiger partial charge on any atom is 0.410 e. The van der Waals surface area contributed by atoms with Gasteiger partial charge in [-0.15, -0.1) is 0 Å². The van der Waals surface area contributed by atoms with Crippen LogP contribution in [0.2, 0.25) is 5.02 Å². The first-order valence-corrected chi connectivity index (χ1v) is 23.9. The third kappa shape index (κ3) is 6.16. The van der Waals surface area contributed by atoms with Gasteiger partial charge < -0.3 is 19.8 Å². The van der Waals surface area contributed by atoms with Crippen molar-refractivity contribution >= 4 is 23.5 Å². The Hall–Kier alpha value is -2.22. The fraction of sp³-hybridized carbons (Fsp3) is 0.765. The van der Waals surface area contributed by atoms with E-state index in [9.17, 15) is 19.8 Å². The Kier molecular flexibility index (Phi) is 10.3. The molecule has 324 valence electrons. The molecule has 10 aliphatic carbocycles. The number of rotatable bonds is 9. The Labute approximate surface area is 358 Å². The molecule has 0 radical (unpaired) electrons. The van der Waals surface area contributed by atoms with Gasteiger partial charge in [-0.2, -0.15) is 0 Å². The summed E-state index contributed by atoms with van der Waals surface area (Å²) in [6.45, 7) is 17.0. The zero-order chi connectivity index (χ0) is 42.1. The minimum Gasteiger partial charge on any atom is -0.446 e. The normalized spacial score (nSPS) is 45.2. The van der Waals surface area contributed by atoms with Gasteiger partial charge in [-0.05, 0) is 147 Å². The molecule has 14 atom stereocenters. The van der Waals surface area contributed by atoms with Crippen molar-refractivity contribution in [2.45, 2.75) is 156 Å². The summed E-state index contributed by atoms with van der Waals surface area (Å²) < 4.78 is 22.0. The van der Waals surface area contributed by atoms with Crippen molar-refractivity contribution in [1.29, 1.82) is 0 Å². The second kappa shape index (κ2) is 14.4. The molecule has 14 unspecified atom stereocenters. The largest absolute Gasteiger partial charge is 0.446 e. The number of ether oxygens (including phenoxy) is 1. The number of carbonyl (C=O) groups is 2. The highest BCUT2D eigenvalue weighted by atomic mass is 35.5. The lowest BCUT2D eigenvalue weighted by Crippen LogP contribution is -2.67. The first-order chi connectivity index (χ1) is 27.8. The molecular formula is C51H71ClFNO5. The molecule has 0 heterocycles. The highest BCUT2D eigenvalue weighted by Crippen LogP contribution is 2.78. The summed E-state index contributed by atoms with van der Waals surface area (Å²) in [4.78, 5) is 31.8. The fourth-order valence-electron chi connectivity index (χ4n) is 16.1. The summed E-state index contributed by atoms with van der Waals surface area (Å²) in [5, 5.41) is 24.8. The van der Waals surface area contributed by atoms with Gasteiger partial charge in [-0.3, -0.25) is 4.79 Å². The molecule has 8 heteroatoms. The number of carbonyl (C=O) groups excluding carboxylic acids is 2. The third-order valence-electron chi connectivity index (χ3n) is 19.8. The zero-order valence-corrected chi connectivity index (χ0v) is 37.6. The van der Waals surface area contributed by atoms with Gasteiger partial charge in [-0.1, -0.05) is 90.8 Å². The van der Waals surface area contributed by atoms with Crippen LogP contribution in [0.3, 0.4) is 0 Å². The van der Waals surface area contributed by atoms with Gasteiger partial charge in [0.15, 0.2) is 5.78 Å². The first-order valence-electron chi connectivity index (χ1n) is 23.5. The number of fused-ring (bicyclic) bond motifs is 3. The monoisotopic (exact) mass is 832 g/mol. The average molecular weight is 833 g/mol. The standard InChI is InChI=1S/C51H71ClFNO5/c1-30(2)35-14-11-31(3)23-42(35)59-45(57)54(28-32-12-13-33-24-37(32)46(33,4)5)29-50(58)20-17-44-48(50,7)19-16-43-47(6)18-15-34(55)26-49(47)21-22-51(43,44)38(27-49)41(56)25-36-39(52)9-8-10-40(36)53/h8-10,21-22,27,30-35,37,42-44,55,58H,11-20,23-26,28-29H2,1-7H3. The van der Waals surface area contributed by atoms with Crippen LogP contribution in [0.15, 0.2) is 42.0 Å². The summed E-state index contributed by atoms with van der Waals surface area (Å²) in [6, 6.07) is 4.58. The molecule has 6 nitrogen and oxygen atoms in total. The van der Waals surface area contributed by atoms with Crippen LogP contribution in [0.5, 0.6) is 0 Å². The summed E-state index contributed by atoms with van der Waals surface area (Å²) in [7, 11) is 0. The van der Waals surface area contributed by atoms with Crippen molar-refractivity contribution in [2.75, 3.05) is 13.1 Å². The first kappa shape index (κ1) is 42.1. The van der Waals surface area contributed by atoms with Gasteiger partial charge in [0, 0.05) is 45.4 Å². The Morgan fingerprint density at radius 2 is 1.68 bits per heavy atom. The van der Waals surface area contributed by atoms with Gasteiger partial charge in [0.1, 0.15) is 11.9 Å². The predicted octanol–water partition coefficient (Wildman–Crippen LogP) is 11.2. The van der Waals surface area contributed by atoms with E-state index in [0.29, 0.717) is 61.0 Å². The Morgan fingerprint density at radius 3 is 2.39 bits per heavy atom. The molecule has 1 amide bonds. The Bertz CT molecular complexity index is 1910. The Balaban J connectivity index is 1.07. The molecule has 11 rings (SSSR count). The van der Waals surface area contributed by atoms with E-state index in [4.69, 9.17) is 16.3 Å². The number of aliphatic hydroxyl groups excluding tert-OH is 1. The third-order valence-corrected chi connectivity index (χ3v) is 20.1. The van der Waals surface area contributed by atoms with Crippen LogP contribution in [0.1, 0.15) is 138 Å². The maximum absolute atomic E-state index is 15.3. The van der Waals surface area contributed by atoms with Gasteiger partial charge in [0.25, 0.3) is 0 Å². The average Bonchev–Trinajstić information content (AvgIpc) is 3.45. The minimum absolute atomic E-state index is 0.0772. The second-order valence-electron chi connectivity index (χ2n) is 22.9. The van der Waals surface area contributed by atoms with E-state index in [-0.39, 0.29) is 64.2 Å². The SMILES string of the molecule is CC1CCC(C(C)C)C(OC(=O)N(CC2CCC3CC2C3(C)C)CC2(O)CCC3C45C=CC6(C=C4C(=O)Cc4c(F)cccc4Cl)CC(O)CCC6(C)C5CCC32C)C1. The molecule has 10 aliphatic rings. The van der Waals surface area contributed by atoms with Crippen LogP contribution in [-0.2, 0) is 16.0 Å². The number of hydrogen-bond acceptors (Lipinski definition) is 5. The van der Waals surface area contributed by atoms with Crippen LogP contribution in [-0.4, -0.2) is 57.9 Å². The highest BCUT2D eigenvalue weighted by molar-refractivity contribution is 6.31. The molecule has 1 aromatic carbocycles. The molecule has 0 saturated heterocycles. The van der Waals surface area contributed by atoms with E-state index in [2.05, 4.69) is 66.7 Å². The minimum atomic E-state index is -1.20. The van der Waals surface area contributed by atoms with Crippen LogP contribution in [0, 0.1) is 80.2 Å². The molecule has 7 fully saturated rings. The van der Waals surface area contributed by atoms with Crippen molar-refractivity contribution in [1.82, 2.24) is 4.90 Å². The van der Waals surface area contributed by atoms with E-state index in [1.165, 1.54) is 18.9 Å². The summed E-state index contributed by atoms with van der Waals surface area (Å²) in [5.41, 5.74) is -1.97. The molecule has 0 aliphatic heterocycles. The van der Waals surface area contributed by atoms with Crippen LogP contribution in [0.4, 0.5) is 9.18 Å². The molecule has 4 bridgehead atoms. The van der Waals surface area contributed by atoms with Crippen LogP contribution in [0.25, 0.3) is 0 Å². The van der Waals surface area contributed by atoms with Crippen molar-refractivity contribution < 1.29 is 28.9 Å². The van der Waals surface area contributed by atoms with Gasteiger partial charge in [-0.25, -0.2) is 9.18 Å². The smallest absolute Gasteiger partial charge is 0.410 e.